The van der Waals surface area contributed by atoms with E-state index >= 15 is 0 Å². The van der Waals surface area contributed by atoms with Crippen molar-refractivity contribution in [1.82, 2.24) is 0 Å². The van der Waals surface area contributed by atoms with Crippen LogP contribution in [0.1, 0.15) is 11.1 Å². The van der Waals surface area contributed by atoms with Crippen LogP contribution in [0, 0.1) is 0 Å². The van der Waals surface area contributed by atoms with E-state index in [1.54, 1.807) is 12.1 Å². The van der Waals surface area contributed by atoms with Crippen molar-refractivity contribution in [2.75, 3.05) is 6.61 Å². The minimum Gasteiger partial charge on any atom is -0.507 e. The third-order valence-corrected chi connectivity index (χ3v) is 4.92. The molecule has 3 nitrogen and oxygen atoms in total. The van der Waals surface area contributed by atoms with Gasteiger partial charge in [0.25, 0.3) is 0 Å². The summed E-state index contributed by atoms with van der Waals surface area (Å²) < 4.78 is 5.98. The Morgan fingerprint density at radius 1 is 0.793 bits per heavy atom. The monoisotopic (exact) mass is 382 g/mol. The van der Waals surface area contributed by atoms with Gasteiger partial charge in [0.2, 0.25) is 0 Å². The Morgan fingerprint density at radius 2 is 1.55 bits per heavy atom. The van der Waals surface area contributed by atoms with Crippen LogP contribution in [0.5, 0.6) is 11.5 Å². The van der Waals surface area contributed by atoms with Gasteiger partial charge < -0.3 is 14.9 Å². The molecule has 4 aromatic carbocycles. The van der Waals surface area contributed by atoms with Crippen LogP contribution in [0.3, 0.4) is 0 Å². The SMILES string of the molecule is OCc1ccccc1-c1c(O)cccc1OC/C=C/c1cccc2ccccc12. The molecule has 3 heteroatoms. The summed E-state index contributed by atoms with van der Waals surface area (Å²) in [7, 11) is 0. The molecule has 0 atom stereocenters. The average molecular weight is 382 g/mol. The molecule has 144 valence electrons. The van der Waals surface area contributed by atoms with E-state index in [4.69, 9.17) is 4.74 Å². The van der Waals surface area contributed by atoms with Crippen molar-refractivity contribution in [2.24, 2.45) is 0 Å². The number of aliphatic hydroxyl groups is 1. The summed E-state index contributed by atoms with van der Waals surface area (Å²) in [5.41, 5.74) is 3.23. The molecule has 0 saturated carbocycles. The van der Waals surface area contributed by atoms with Crippen LogP contribution in [0.2, 0.25) is 0 Å². The molecular formula is C26H22O3. The van der Waals surface area contributed by atoms with Crippen LogP contribution in [0.15, 0.2) is 91.0 Å². The first kappa shape index (κ1) is 18.8. The number of fused-ring (bicyclic) bond motifs is 1. The van der Waals surface area contributed by atoms with Gasteiger partial charge >= 0.3 is 0 Å². The topological polar surface area (TPSA) is 49.7 Å². The van der Waals surface area contributed by atoms with E-state index in [1.807, 2.05) is 60.7 Å². The number of aliphatic hydroxyl groups excluding tert-OH is 1. The molecule has 0 saturated heterocycles. The Bertz CT molecular complexity index is 1160. The number of benzene rings is 4. The molecule has 0 radical (unpaired) electrons. The molecule has 0 aromatic heterocycles. The van der Waals surface area contributed by atoms with Gasteiger partial charge in [-0.3, -0.25) is 0 Å². The Hall–Kier alpha value is -3.56. The first-order valence-corrected chi connectivity index (χ1v) is 9.56. The summed E-state index contributed by atoms with van der Waals surface area (Å²) in [6.07, 6.45) is 4.01. The van der Waals surface area contributed by atoms with Gasteiger partial charge in [0.05, 0.1) is 12.2 Å². The maximum Gasteiger partial charge on any atom is 0.131 e. The molecule has 0 aliphatic heterocycles. The summed E-state index contributed by atoms with van der Waals surface area (Å²) >= 11 is 0. The summed E-state index contributed by atoms with van der Waals surface area (Å²) in [5.74, 6) is 0.704. The average Bonchev–Trinajstić information content (AvgIpc) is 2.77. The fraction of sp³-hybridized carbons (Fsp3) is 0.0769. The van der Waals surface area contributed by atoms with E-state index in [0.717, 1.165) is 16.7 Å². The highest BCUT2D eigenvalue weighted by Gasteiger charge is 2.14. The quantitative estimate of drug-likeness (QED) is 0.443. The van der Waals surface area contributed by atoms with Crippen LogP contribution in [-0.2, 0) is 6.61 Å². The third-order valence-electron chi connectivity index (χ3n) is 4.92. The first-order chi connectivity index (χ1) is 14.3. The Morgan fingerprint density at radius 3 is 2.45 bits per heavy atom. The predicted molar refractivity (Wildman–Crippen MR) is 118 cm³/mol. The van der Waals surface area contributed by atoms with Crippen molar-refractivity contribution < 1.29 is 14.9 Å². The number of rotatable bonds is 6. The summed E-state index contributed by atoms with van der Waals surface area (Å²) in [5, 5.41) is 22.5. The Balaban J connectivity index is 1.58. The maximum atomic E-state index is 10.4. The lowest BCUT2D eigenvalue weighted by atomic mass is 9.98. The highest BCUT2D eigenvalue weighted by Crippen LogP contribution is 2.39. The van der Waals surface area contributed by atoms with Crippen LogP contribution in [0.4, 0.5) is 0 Å². The lowest BCUT2D eigenvalue weighted by molar-refractivity contribution is 0.282. The van der Waals surface area contributed by atoms with E-state index in [-0.39, 0.29) is 12.4 Å². The van der Waals surface area contributed by atoms with E-state index in [1.165, 1.54) is 10.8 Å². The van der Waals surface area contributed by atoms with E-state index < -0.39 is 0 Å². The zero-order chi connectivity index (χ0) is 20.1. The molecule has 0 bridgehead atoms. The molecule has 4 aromatic rings. The number of phenols is 1. The highest BCUT2D eigenvalue weighted by atomic mass is 16.5. The van der Waals surface area contributed by atoms with Crippen molar-refractivity contribution >= 4 is 16.8 Å². The highest BCUT2D eigenvalue weighted by molar-refractivity contribution is 5.90. The van der Waals surface area contributed by atoms with Crippen LogP contribution in [0.25, 0.3) is 28.0 Å². The lowest BCUT2D eigenvalue weighted by Gasteiger charge is -2.14. The molecule has 0 fully saturated rings. The summed E-state index contributed by atoms with van der Waals surface area (Å²) in [4.78, 5) is 0. The maximum absolute atomic E-state index is 10.4. The minimum absolute atomic E-state index is 0.106. The normalized spacial score (nSPS) is 11.2. The number of hydrogen-bond acceptors (Lipinski definition) is 3. The van der Waals surface area contributed by atoms with Crippen LogP contribution >= 0.6 is 0 Å². The molecule has 2 N–H and O–H groups in total. The zero-order valence-corrected chi connectivity index (χ0v) is 16.0. The molecule has 0 amide bonds. The van der Waals surface area contributed by atoms with E-state index in [2.05, 4.69) is 24.3 Å². The number of ether oxygens (including phenoxy) is 1. The zero-order valence-electron chi connectivity index (χ0n) is 16.0. The van der Waals surface area contributed by atoms with Crippen molar-refractivity contribution in [3.63, 3.8) is 0 Å². The number of hydrogen-bond donors (Lipinski definition) is 2. The molecule has 4 rings (SSSR count). The third kappa shape index (κ3) is 4.00. The van der Waals surface area contributed by atoms with Crippen molar-refractivity contribution in [2.45, 2.75) is 6.61 Å². The fourth-order valence-electron chi connectivity index (χ4n) is 3.52. The van der Waals surface area contributed by atoms with Crippen LogP contribution in [-0.4, -0.2) is 16.8 Å². The molecular weight excluding hydrogens is 360 g/mol. The van der Waals surface area contributed by atoms with Gasteiger partial charge in [-0.1, -0.05) is 78.9 Å². The molecule has 0 aliphatic carbocycles. The van der Waals surface area contributed by atoms with Gasteiger partial charge in [0.15, 0.2) is 0 Å². The van der Waals surface area contributed by atoms with Crippen molar-refractivity contribution in [3.8, 4) is 22.6 Å². The van der Waals surface area contributed by atoms with Crippen LogP contribution < -0.4 is 4.74 Å². The van der Waals surface area contributed by atoms with Gasteiger partial charge in [0.1, 0.15) is 18.1 Å². The first-order valence-electron chi connectivity index (χ1n) is 9.56. The number of aromatic hydroxyl groups is 1. The Kier molecular flexibility index (Phi) is 5.59. The molecule has 0 unspecified atom stereocenters. The predicted octanol–water partition coefficient (Wildman–Crippen LogP) is 5.80. The minimum atomic E-state index is -0.106. The van der Waals surface area contributed by atoms with Gasteiger partial charge in [-0.25, -0.2) is 0 Å². The van der Waals surface area contributed by atoms with Crippen molar-refractivity contribution in [1.29, 1.82) is 0 Å². The second kappa shape index (κ2) is 8.63. The summed E-state index contributed by atoms with van der Waals surface area (Å²) in [6, 6.07) is 27.2. The van der Waals surface area contributed by atoms with Gasteiger partial charge in [0, 0.05) is 0 Å². The van der Waals surface area contributed by atoms with E-state index in [9.17, 15) is 10.2 Å². The van der Waals surface area contributed by atoms with Gasteiger partial charge in [-0.05, 0) is 45.7 Å². The summed E-state index contributed by atoms with van der Waals surface area (Å²) in [6.45, 7) is 0.256. The number of phenolic OH excluding ortho intramolecular Hbond substituents is 1. The standard InChI is InChI=1S/C26H22O3/c27-18-21-9-2-4-14-23(21)26-24(28)15-6-16-25(26)29-17-7-12-20-11-5-10-19-8-1-3-13-22(19)20/h1-16,27-28H,17-18H2/b12-7+. The molecule has 0 heterocycles. The molecule has 0 aliphatic rings. The largest absolute Gasteiger partial charge is 0.507 e. The van der Waals surface area contributed by atoms with Crippen molar-refractivity contribution in [3.05, 3.63) is 102 Å². The van der Waals surface area contributed by atoms with Gasteiger partial charge in [-0.15, -0.1) is 0 Å². The second-order valence-corrected chi connectivity index (χ2v) is 6.75. The second-order valence-electron chi connectivity index (χ2n) is 6.75. The fourth-order valence-corrected chi connectivity index (χ4v) is 3.52. The molecule has 29 heavy (non-hydrogen) atoms. The van der Waals surface area contributed by atoms with E-state index in [0.29, 0.717) is 17.9 Å². The smallest absolute Gasteiger partial charge is 0.131 e. The Labute approximate surface area is 170 Å². The molecule has 0 spiro atoms. The van der Waals surface area contributed by atoms with Gasteiger partial charge in [-0.2, -0.15) is 0 Å². The lowest BCUT2D eigenvalue weighted by Crippen LogP contribution is -1.97.